The Hall–Kier alpha value is -3.23. The minimum absolute atomic E-state index is 0.0717. The molecule has 1 aliphatic rings. The number of nitrogens with one attached hydrogen (secondary N) is 2. The van der Waals surface area contributed by atoms with Gasteiger partial charge in [0.15, 0.2) is 0 Å². The van der Waals surface area contributed by atoms with Gasteiger partial charge in [0.1, 0.15) is 11.6 Å². The highest BCUT2D eigenvalue weighted by Gasteiger charge is 2.51. The molecule has 32 heavy (non-hydrogen) atoms. The Labute approximate surface area is 187 Å². The van der Waals surface area contributed by atoms with Crippen molar-refractivity contribution in [3.63, 3.8) is 0 Å². The fourth-order valence-corrected chi connectivity index (χ4v) is 4.03. The molecule has 8 heteroatoms. The molecule has 2 N–H and O–H groups in total. The average molecular weight is 452 g/mol. The van der Waals surface area contributed by atoms with E-state index >= 15 is 0 Å². The molecule has 1 aliphatic carbocycles. The molecule has 1 aromatic heterocycles. The molecule has 3 aromatic rings. The van der Waals surface area contributed by atoms with Gasteiger partial charge in [0.05, 0.1) is 24.5 Å². The van der Waals surface area contributed by atoms with E-state index in [1.54, 1.807) is 13.2 Å². The molecule has 1 amide bonds. The largest absolute Gasteiger partial charge is 0.497 e. The first-order valence-corrected chi connectivity index (χ1v) is 12.2. The summed E-state index contributed by atoms with van der Waals surface area (Å²) in [6.45, 7) is 0.231. The van der Waals surface area contributed by atoms with E-state index in [0.717, 1.165) is 47.2 Å². The zero-order chi connectivity index (χ0) is 22.8. The fraction of sp³-hybridized carbons (Fsp3) is 0.250. The maximum absolute atomic E-state index is 13.1. The molecule has 7 nitrogen and oxygen atoms in total. The number of aromatic nitrogens is 1. The van der Waals surface area contributed by atoms with Gasteiger partial charge >= 0.3 is 0 Å². The number of methoxy groups -OCH3 is 1. The number of hydrogen-bond donors (Lipinski definition) is 2. The quantitative estimate of drug-likeness (QED) is 0.547. The molecular formula is C24H25N3O4S. The molecule has 0 unspecified atom stereocenters. The molecule has 0 atom stereocenters. The Balaban J connectivity index is 1.48. The summed E-state index contributed by atoms with van der Waals surface area (Å²) in [6, 6.07) is 20.6. The van der Waals surface area contributed by atoms with Crippen LogP contribution in [0, 0.1) is 0 Å². The molecule has 0 spiro atoms. The lowest BCUT2D eigenvalue weighted by Crippen LogP contribution is -2.28. The van der Waals surface area contributed by atoms with Gasteiger partial charge in [-0.15, -0.1) is 0 Å². The number of benzene rings is 2. The molecule has 0 radical (unpaired) electrons. The average Bonchev–Trinajstić information content (AvgIpc) is 3.60. The fourth-order valence-electron chi connectivity index (χ4n) is 3.60. The lowest BCUT2D eigenvalue weighted by Gasteiger charge is -2.16. The maximum atomic E-state index is 13.1. The van der Waals surface area contributed by atoms with Gasteiger partial charge in [-0.1, -0.05) is 42.5 Å². The third-order valence-corrected chi connectivity index (χ3v) is 6.25. The van der Waals surface area contributed by atoms with Crippen molar-refractivity contribution in [3.8, 4) is 17.0 Å². The van der Waals surface area contributed by atoms with Crippen LogP contribution in [0.2, 0.25) is 0 Å². The first-order chi connectivity index (χ1) is 15.3. The van der Waals surface area contributed by atoms with Gasteiger partial charge in [0.25, 0.3) is 0 Å². The third-order valence-electron chi connectivity index (χ3n) is 5.59. The van der Waals surface area contributed by atoms with Crippen LogP contribution in [-0.2, 0) is 26.8 Å². The summed E-state index contributed by atoms with van der Waals surface area (Å²) >= 11 is 0. The minimum atomic E-state index is -3.24. The van der Waals surface area contributed by atoms with E-state index < -0.39 is 15.4 Å². The van der Waals surface area contributed by atoms with Crippen molar-refractivity contribution in [2.24, 2.45) is 0 Å². The zero-order valence-electron chi connectivity index (χ0n) is 18.0. The summed E-state index contributed by atoms with van der Waals surface area (Å²) in [6.07, 6.45) is 2.70. The third kappa shape index (κ3) is 4.98. The predicted octanol–water partition coefficient (Wildman–Crippen LogP) is 3.48. The van der Waals surface area contributed by atoms with E-state index in [1.807, 2.05) is 60.7 Å². The van der Waals surface area contributed by atoms with Crippen LogP contribution in [0.15, 0.2) is 66.7 Å². The molecule has 0 aliphatic heterocycles. The summed E-state index contributed by atoms with van der Waals surface area (Å²) in [4.78, 5) is 17.7. The number of anilines is 1. The smallest absolute Gasteiger partial charge is 0.236 e. The minimum Gasteiger partial charge on any atom is -0.497 e. The number of carbonyl (C=O) groups excluding carboxylic acids is 1. The second-order valence-electron chi connectivity index (χ2n) is 7.97. The lowest BCUT2D eigenvalue weighted by molar-refractivity contribution is -0.118. The number of sulfonamides is 1. The van der Waals surface area contributed by atoms with Crippen molar-refractivity contribution >= 4 is 21.7 Å². The Morgan fingerprint density at radius 3 is 2.44 bits per heavy atom. The van der Waals surface area contributed by atoms with E-state index in [4.69, 9.17) is 4.74 Å². The summed E-state index contributed by atoms with van der Waals surface area (Å²) < 4.78 is 30.3. The van der Waals surface area contributed by atoms with Crippen LogP contribution in [0.1, 0.15) is 24.0 Å². The van der Waals surface area contributed by atoms with E-state index in [0.29, 0.717) is 5.82 Å². The highest BCUT2D eigenvalue weighted by Crippen LogP contribution is 2.49. The molecule has 2 aromatic carbocycles. The van der Waals surface area contributed by atoms with Crippen molar-refractivity contribution in [1.82, 2.24) is 9.71 Å². The molecular weight excluding hydrogens is 426 g/mol. The van der Waals surface area contributed by atoms with E-state index in [2.05, 4.69) is 15.0 Å². The molecule has 4 rings (SSSR count). The molecule has 0 bridgehead atoms. The molecule has 0 saturated heterocycles. The zero-order valence-corrected chi connectivity index (χ0v) is 18.8. The monoisotopic (exact) mass is 451 g/mol. The number of amides is 1. The molecule has 1 fully saturated rings. The first kappa shape index (κ1) is 22.0. The van der Waals surface area contributed by atoms with Crippen molar-refractivity contribution in [2.75, 3.05) is 18.7 Å². The summed E-state index contributed by atoms with van der Waals surface area (Å²) in [5, 5.41) is 2.97. The van der Waals surface area contributed by atoms with Crippen molar-refractivity contribution in [1.29, 1.82) is 0 Å². The van der Waals surface area contributed by atoms with Gasteiger partial charge in [-0.3, -0.25) is 4.79 Å². The summed E-state index contributed by atoms with van der Waals surface area (Å²) in [5.41, 5.74) is 2.84. The standard InChI is InChI=1S/C24H25N3O4S/c1-31-20-6-3-5-19(15-20)24(13-14-24)23(28)27-22-8-4-7-21(26-22)18-11-9-17(10-12-18)16-25-32(2,29)30/h3-12,15,25H,13-14,16H2,1-2H3,(H,26,27,28). The van der Waals surface area contributed by atoms with Crippen LogP contribution in [0.4, 0.5) is 5.82 Å². The number of ether oxygens (including phenoxy) is 1. The number of hydrogen-bond acceptors (Lipinski definition) is 5. The van der Waals surface area contributed by atoms with E-state index in [-0.39, 0.29) is 12.5 Å². The normalized spacial score (nSPS) is 14.6. The Morgan fingerprint density at radius 2 is 1.78 bits per heavy atom. The first-order valence-electron chi connectivity index (χ1n) is 10.3. The lowest BCUT2D eigenvalue weighted by atomic mass is 9.94. The van der Waals surface area contributed by atoms with Crippen molar-refractivity contribution < 1.29 is 17.9 Å². The van der Waals surface area contributed by atoms with Crippen molar-refractivity contribution in [2.45, 2.75) is 24.8 Å². The van der Waals surface area contributed by atoms with Gasteiger partial charge in [0.2, 0.25) is 15.9 Å². The number of carbonyl (C=O) groups is 1. The van der Waals surface area contributed by atoms with Crippen LogP contribution in [-0.4, -0.2) is 32.7 Å². The second-order valence-corrected chi connectivity index (χ2v) is 9.80. The van der Waals surface area contributed by atoms with Crippen molar-refractivity contribution in [3.05, 3.63) is 77.9 Å². The maximum Gasteiger partial charge on any atom is 0.236 e. The highest BCUT2D eigenvalue weighted by molar-refractivity contribution is 7.88. The van der Waals surface area contributed by atoms with Crippen LogP contribution in [0.5, 0.6) is 5.75 Å². The van der Waals surface area contributed by atoms with Crippen LogP contribution in [0.3, 0.4) is 0 Å². The van der Waals surface area contributed by atoms with Gasteiger partial charge < -0.3 is 10.1 Å². The van der Waals surface area contributed by atoms with Crippen LogP contribution >= 0.6 is 0 Å². The Bertz CT molecular complexity index is 1240. The SMILES string of the molecule is COc1cccc(C2(C(=O)Nc3cccc(-c4ccc(CNS(C)(=O)=O)cc4)n3)CC2)c1. The number of pyridine rings is 1. The van der Waals surface area contributed by atoms with Gasteiger partial charge in [-0.05, 0) is 48.2 Å². The Morgan fingerprint density at radius 1 is 1.06 bits per heavy atom. The predicted molar refractivity (Wildman–Crippen MR) is 124 cm³/mol. The topological polar surface area (TPSA) is 97.4 Å². The molecule has 166 valence electrons. The summed E-state index contributed by atoms with van der Waals surface area (Å²) in [5.74, 6) is 1.15. The molecule has 1 saturated carbocycles. The van der Waals surface area contributed by atoms with Gasteiger partial charge in [-0.25, -0.2) is 18.1 Å². The van der Waals surface area contributed by atoms with Crippen LogP contribution in [0.25, 0.3) is 11.3 Å². The second kappa shape index (κ2) is 8.72. The number of rotatable bonds is 8. The van der Waals surface area contributed by atoms with E-state index in [9.17, 15) is 13.2 Å². The van der Waals surface area contributed by atoms with Gasteiger partial charge in [0, 0.05) is 12.1 Å². The van der Waals surface area contributed by atoms with Gasteiger partial charge in [-0.2, -0.15) is 0 Å². The van der Waals surface area contributed by atoms with Crippen LogP contribution < -0.4 is 14.8 Å². The summed E-state index contributed by atoms with van der Waals surface area (Å²) in [7, 11) is -1.63. The highest BCUT2D eigenvalue weighted by atomic mass is 32.2. The van der Waals surface area contributed by atoms with E-state index in [1.165, 1.54) is 0 Å². The Kier molecular flexibility index (Phi) is 5.99. The molecule has 1 heterocycles. The number of nitrogens with zero attached hydrogens (tertiary/aromatic N) is 1.